The molecule has 1 fully saturated rings. The van der Waals surface area contributed by atoms with Crippen molar-refractivity contribution in [3.63, 3.8) is 0 Å². The van der Waals surface area contributed by atoms with Crippen molar-refractivity contribution in [1.82, 2.24) is 9.88 Å². The lowest BCUT2D eigenvalue weighted by molar-refractivity contribution is 0.0241. The molecule has 24 heavy (non-hydrogen) atoms. The Bertz CT molecular complexity index is 829. The summed E-state index contributed by atoms with van der Waals surface area (Å²) in [5, 5.41) is 1.33. The van der Waals surface area contributed by atoms with Crippen LogP contribution in [0.1, 0.15) is 28.4 Å². The van der Waals surface area contributed by atoms with E-state index in [1.165, 1.54) is 33.3 Å². The predicted molar refractivity (Wildman–Crippen MR) is 98.4 cm³/mol. The van der Waals surface area contributed by atoms with Crippen LogP contribution in [0, 0.1) is 13.8 Å². The zero-order valence-corrected chi connectivity index (χ0v) is 14.4. The minimum absolute atomic E-state index is 0.269. The summed E-state index contributed by atoms with van der Waals surface area (Å²) in [6, 6.07) is 17.9. The maximum absolute atomic E-state index is 5.59. The Labute approximate surface area is 143 Å². The topological polar surface area (TPSA) is 28.3 Å². The number of morpholine rings is 1. The third-order valence-electron chi connectivity index (χ3n) is 5.02. The quantitative estimate of drug-likeness (QED) is 0.783. The molecule has 3 heteroatoms. The first kappa shape index (κ1) is 15.4. The molecule has 3 nitrogen and oxygen atoms in total. The maximum Gasteiger partial charge on any atom is 0.0627 e. The molecule has 0 spiro atoms. The van der Waals surface area contributed by atoms with Gasteiger partial charge in [-0.3, -0.25) is 4.90 Å². The van der Waals surface area contributed by atoms with Crippen LogP contribution in [0.25, 0.3) is 10.9 Å². The number of aryl methyl sites for hydroxylation is 2. The van der Waals surface area contributed by atoms with E-state index in [1.54, 1.807) is 0 Å². The van der Waals surface area contributed by atoms with Crippen LogP contribution in [-0.2, 0) is 4.74 Å². The average molecular weight is 320 g/mol. The average Bonchev–Trinajstić information content (AvgIpc) is 2.94. The van der Waals surface area contributed by atoms with Gasteiger partial charge in [0.2, 0.25) is 0 Å². The van der Waals surface area contributed by atoms with E-state index in [0.29, 0.717) is 0 Å². The van der Waals surface area contributed by atoms with Crippen LogP contribution in [0.15, 0.2) is 48.5 Å². The molecule has 1 aromatic heterocycles. The minimum atomic E-state index is 0.269. The molecule has 0 aliphatic carbocycles. The van der Waals surface area contributed by atoms with Crippen molar-refractivity contribution in [2.75, 3.05) is 26.3 Å². The number of ether oxygens (including phenoxy) is 1. The third-order valence-corrected chi connectivity index (χ3v) is 5.02. The molecular weight excluding hydrogens is 296 g/mol. The van der Waals surface area contributed by atoms with E-state index in [-0.39, 0.29) is 6.04 Å². The van der Waals surface area contributed by atoms with Gasteiger partial charge in [0.1, 0.15) is 0 Å². The Morgan fingerprint density at radius 2 is 1.67 bits per heavy atom. The molecule has 0 saturated carbocycles. The van der Waals surface area contributed by atoms with Crippen LogP contribution in [0.4, 0.5) is 0 Å². The van der Waals surface area contributed by atoms with Crippen LogP contribution in [0.3, 0.4) is 0 Å². The summed E-state index contributed by atoms with van der Waals surface area (Å²) >= 11 is 0. The van der Waals surface area contributed by atoms with E-state index >= 15 is 0 Å². The second-order valence-electron chi connectivity index (χ2n) is 6.67. The van der Waals surface area contributed by atoms with Gasteiger partial charge in [0.25, 0.3) is 0 Å². The van der Waals surface area contributed by atoms with Crippen molar-refractivity contribution >= 4 is 10.9 Å². The smallest absolute Gasteiger partial charge is 0.0627 e. The molecule has 2 heterocycles. The SMILES string of the molecule is Cc1ccc([C@@H](c2c(C)[nH]c3ccccc23)N2CCOCC2)cc1. The second-order valence-corrected chi connectivity index (χ2v) is 6.67. The molecule has 2 aromatic carbocycles. The number of nitrogens with one attached hydrogen (secondary N) is 1. The summed E-state index contributed by atoms with van der Waals surface area (Å²) in [6.07, 6.45) is 0. The Balaban J connectivity index is 1.87. The number of fused-ring (bicyclic) bond motifs is 1. The maximum atomic E-state index is 5.59. The first-order chi connectivity index (χ1) is 11.7. The van der Waals surface area contributed by atoms with Crippen LogP contribution in [-0.4, -0.2) is 36.2 Å². The Hall–Kier alpha value is -2.10. The zero-order valence-electron chi connectivity index (χ0n) is 14.4. The molecule has 1 aliphatic heterocycles. The molecule has 1 saturated heterocycles. The number of hydrogen-bond donors (Lipinski definition) is 1. The summed E-state index contributed by atoms with van der Waals surface area (Å²) in [5.74, 6) is 0. The molecule has 1 N–H and O–H groups in total. The highest BCUT2D eigenvalue weighted by Gasteiger charge is 2.28. The van der Waals surface area contributed by atoms with Crippen molar-refractivity contribution in [2.45, 2.75) is 19.9 Å². The highest BCUT2D eigenvalue weighted by molar-refractivity contribution is 5.85. The molecule has 0 unspecified atom stereocenters. The van der Waals surface area contributed by atoms with Crippen LogP contribution in [0.5, 0.6) is 0 Å². The van der Waals surface area contributed by atoms with Gasteiger partial charge < -0.3 is 9.72 Å². The molecule has 4 rings (SSSR count). The van der Waals surface area contributed by atoms with Gasteiger partial charge in [0.05, 0.1) is 19.3 Å². The second kappa shape index (κ2) is 6.42. The number of para-hydroxylation sites is 1. The fourth-order valence-electron chi connectivity index (χ4n) is 3.80. The molecular formula is C21H24N2O. The number of rotatable bonds is 3. The summed E-state index contributed by atoms with van der Waals surface area (Å²) in [7, 11) is 0. The normalized spacial score (nSPS) is 17.2. The van der Waals surface area contributed by atoms with Crippen molar-refractivity contribution in [3.05, 3.63) is 70.9 Å². The minimum Gasteiger partial charge on any atom is -0.379 e. The van der Waals surface area contributed by atoms with E-state index in [1.807, 2.05) is 0 Å². The number of H-pyrrole nitrogens is 1. The largest absolute Gasteiger partial charge is 0.379 e. The highest BCUT2D eigenvalue weighted by atomic mass is 16.5. The highest BCUT2D eigenvalue weighted by Crippen LogP contribution is 2.36. The van der Waals surface area contributed by atoms with E-state index in [9.17, 15) is 0 Å². The van der Waals surface area contributed by atoms with E-state index in [2.05, 4.69) is 72.3 Å². The lowest BCUT2D eigenvalue weighted by Crippen LogP contribution is -2.39. The van der Waals surface area contributed by atoms with Gasteiger partial charge in [-0.1, -0.05) is 48.0 Å². The molecule has 1 atom stereocenters. The van der Waals surface area contributed by atoms with Gasteiger partial charge in [-0.2, -0.15) is 0 Å². The number of aromatic nitrogens is 1. The number of hydrogen-bond acceptors (Lipinski definition) is 2. The van der Waals surface area contributed by atoms with Crippen LogP contribution in [0.2, 0.25) is 0 Å². The van der Waals surface area contributed by atoms with Gasteiger partial charge in [-0.05, 0) is 25.5 Å². The fraction of sp³-hybridized carbons (Fsp3) is 0.333. The zero-order chi connectivity index (χ0) is 16.5. The molecule has 0 bridgehead atoms. The summed E-state index contributed by atoms with van der Waals surface area (Å²) in [4.78, 5) is 6.12. The monoisotopic (exact) mass is 320 g/mol. The summed E-state index contributed by atoms with van der Waals surface area (Å²) < 4.78 is 5.59. The first-order valence-corrected chi connectivity index (χ1v) is 8.69. The molecule has 0 radical (unpaired) electrons. The summed E-state index contributed by atoms with van der Waals surface area (Å²) in [5.41, 5.74) is 6.53. The van der Waals surface area contributed by atoms with Crippen LogP contribution < -0.4 is 0 Å². The van der Waals surface area contributed by atoms with Crippen LogP contribution >= 0.6 is 0 Å². The van der Waals surface area contributed by atoms with Gasteiger partial charge in [-0.25, -0.2) is 0 Å². The number of aromatic amines is 1. The fourth-order valence-corrected chi connectivity index (χ4v) is 3.80. The molecule has 1 aliphatic rings. The van der Waals surface area contributed by atoms with Gasteiger partial charge in [0.15, 0.2) is 0 Å². The van der Waals surface area contributed by atoms with E-state index in [0.717, 1.165) is 26.3 Å². The third kappa shape index (κ3) is 2.74. The Kier molecular flexibility index (Phi) is 4.13. The molecule has 0 amide bonds. The lowest BCUT2D eigenvalue weighted by Gasteiger charge is -2.35. The molecule has 124 valence electrons. The lowest BCUT2D eigenvalue weighted by atomic mass is 9.93. The Morgan fingerprint density at radius 1 is 0.958 bits per heavy atom. The Morgan fingerprint density at radius 3 is 2.42 bits per heavy atom. The molecule has 3 aromatic rings. The number of benzene rings is 2. The summed E-state index contributed by atoms with van der Waals surface area (Å²) in [6.45, 7) is 7.89. The van der Waals surface area contributed by atoms with Crippen molar-refractivity contribution in [3.8, 4) is 0 Å². The van der Waals surface area contributed by atoms with E-state index in [4.69, 9.17) is 4.74 Å². The van der Waals surface area contributed by atoms with Gasteiger partial charge in [-0.15, -0.1) is 0 Å². The van der Waals surface area contributed by atoms with E-state index < -0.39 is 0 Å². The first-order valence-electron chi connectivity index (χ1n) is 8.69. The van der Waals surface area contributed by atoms with Crippen molar-refractivity contribution in [1.29, 1.82) is 0 Å². The predicted octanol–water partition coefficient (Wildman–Crippen LogP) is 4.21. The van der Waals surface area contributed by atoms with Gasteiger partial charge >= 0.3 is 0 Å². The standard InChI is InChI=1S/C21H24N2O/c1-15-7-9-17(10-8-15)21(23-11-13-24-14-12-23)20-16(2)22-19-6-4-3-5-18(19)20/h3-10,21-22H,11-14H2,1-2H3/t21-/m0/s1. The number of nitrogens with zero attached hydrogens (tertiary/aromatic N) is 1. The van der Waals surface area contributed by atoms with Crippen molar-refractivity contribution in [2.24, 2.45) is 0 Å². The van der Waals surface area contributed by atoms with Gasteiger partial charge in [0, 0.05) is 35.2 Å². The van der Waals surface area contributed by atoms with Crippen molar-refractivity contribution < 1.29 is 4.74 Å².